The molecule has 2 heteroatoms. The summed E-state index contributed by atoms with van der Waals surface area (Å²) < 4.78 is 12.3. The van der Waals surface area contributed by atoms with E-state index in [1.165, 1.54) is 32.8 Å². The minimum atomic E-state index is 0.315. The van der Waals surface area contributed by atoms with Crippen molar-refractivity contribution in [2.75, 3.05) is 0 Å². The van der Waals surface area contributed by atoms with Gasteiger partial charge in [0.1, 0.15) is 17.1 Å². The Bertz CT molecular complexity index is 1370. The second-order valence-corrected chi connectivity index (χ2v) is 8.09. The first kappa shape index (κ1) is 14.8. The van der Waals surface area contributed by atoms with Gasteiger partial charge in [0.15, 0.2) is 0 Å². The van der Waals surface area contributed by atoms with Crippen LogP contribution in [0, 0.1) is 0 Å². The van der Waals surface area contributed by atoms with Crippen LogP contribution in [-0.4, -0.2) is 0 Å². The Morgan fingerprint density at radius 1 is 0.750 bits per heavy atom. The lowest BCUT2D eigenvalue weighted by Crippen LogP contribution is -2.18. The number of benzene rings is 3. The molecule has 28 heavy (non-hydrogen) atoms. The van der Waals surface area contributed by atoms with Crippen LogP contribution in [-0.2, 0) is 6.42 Å². The monoisotopic (exact) mass is 362 g/mol. The van der Waals surface area contributed by atoms with Crippen LogP contribution < -0.4 is 0 Å². The van der Waals surface area contributed by atoms with Gasteiger partial charge in [0.25, 0.3) is 0 Å². The van der Waals surface area contributed by atoms with Crippen LogP contribution in [0.5, 0.6) is 0 Å². The van der Waals surface area contributed by atoms with Crippen molar-refractivity contribution in [2.24, 2.45) is 0 Å². The molecule has 5 aromatic rings. The van der Waals surface area contributed by atoms with Gasteiger partial charge in [0, 0.05) is 35.1 Å². The maximum Gasteiger partial charge on any atom is 0.134 e. The number of hydrogen-bond donors (Lipinski definition) is 0. The zero-order valence-electron chi connectivity index (χ0n) is 15.3. The average Bonchev–Trinajstić information content (AvgIpc) is 3.43. The molecule has 0 amide bonds. The molecule has 0 aliphatic heterocycles. The summed E-state index contributed by atoms with van der Waals surface area (Å²) in [4.78, 5) is 0. The maximum atomic E-state index is 6.49. The second kappa shape index (κ2) is 5.17. The largest absolute Gasteiger partial charge is 0.469 e. The molecular weight excluding hydrogens is 344 g/mol. The predicted molar refractivity (Wildman–Crippen MR) is 110 cm³/mol. The number of furan rings is 2. The van der Waals surface area contributed by atoms with Gasteiger partial charge in [-0.15, -0.1) is 0 Å². The molecule has 2 aliphatic rings. The quantitative estimate of drug-likeness (QED) is 0.330. The summed E-state index contributed by atoms with van der Waals surface area (Å²) >= 11 is 0. The van der Waals surface area contributed by atoms with Crippen LogP contribution in [0.1, 0.15) is 46.0 Å². The third-order valence-corrected chi connectivity index (χ3v) is 6.82. The van der Waals surface area contributed by atoms with Gasteiger partial charge in [0.05, 0.1) is 6.26 Å². The molecular formula is C26H18O2. The summed E-state index contributed by atoms with van der Waals surface area (Å²) in [6, 6.07) is 26.2. The van der Waals surface area contributed by atoms with E-state index in [-0.39, 0.29) is 0 Å². The molecule has 2 bridgehead atoms. The second-order valence-electron chi connectivity index (χ2n) is 8.09. The minimum Gasteiger partial charge on any atom is -0.469 e. The Hall–Kier alpha value is -3.26. The highest BCUT2D eigenvalue weighted by Gasteiger charge is 2.49. The van der Waals surface area contributed by atoms with Gasteiger partial charge in [-0.25, -0.2) is 0 Å². The molecule has 0 fully saturated rings. The highest BCUT2D eigenvalue weighted by molar-refractivity contribution is 6.05. The molecule has 2 heterocycles. The fourth-order valence-electron chi connectivity index (χ4n) is 5.68. The summed E-state index contributed by atoms with van der Waals surface area (Å²) in [7, 11) is 0. The molecule has 7 rings (SSSR count). The summed E-state index contributed by atoms with van der Waals surface area (Å²) in [6.45, 7) is 0. The summed E-state index contributed by atoms with van der Waals surface area (Å²) in [6.07, 6.45) is 2.79. The van der Waals surface area contributed by atoms with Gasteiger partial charge >= 0.3 is 0 Å². The molecule has 2 unspecified atom stereocenters. The van der Waals surface area contributed by atoms with Crippen LogP contribution in [0.2, 0.25) is 0 Å². The van der Waals surface area contributed by atoms with Crippen LogP contribution in [0.4, 0.5) is 0 Å². The lowest BCUT2D eigenvalue weighted by Gasteiger charge is -2.28. The molecule has 3 atom stereocenters. The highest BCUT2D eigenvalue weighted by Crippen LogP contribution is 2.60. The molecule has 0 saturated carbocycles. The summed E-state index contributed by atoms with van der Waals surface area (Å²) in [5.41, 5.74) is 5.20. The summed E-state index contributed by atoms with van der Waals surface area (Å²) in [5, 5.41) is 3.74. The van der Waals surface area contributed by atoms with Gasteiger partial charge in [-0.2, -0.15) is 0 Å². The minimum absolute atomic E-state index is 0.315. The first-order valence-electron chi connectivity index (χ1n) is 9.95. The van der Waals surface area contributed by atoms with E-state index in [0.717, 1.165) is 23.5 Å². The Morgan fingerprint density at radius 3 is 2.57 bits per heavy atom. The van der Waals surface area contributed by atoms with Gasteiger partial charge in [0.2, 0.25) is 0 Å². The molecule has 0 radical (unpaired) electrons. The first-order chi connectivity index (χ1) is 13.9. The lowest BCUT2D eigenvalue weighted by molar-refractivity contribution is 0.380. The third-order valence-electron chi connectivity index (χ3n) is 6.82. The van der Waals surface area contributed by atoms with Gasteiger partial charge < -0.3 is 8.83 Å². The topological polar surface area (TPSA) is 26.3 Å². The third kappa shape index (κ3) is 1.78. The van der Waals surface area contributed by atoms with Crippen LogP contribution in [0.3, 0.4) is 0 Å². The smallest absolute Gasteiger partial charge is 0.134 e. The first-order valence-corrected chi connectivity index (χ1v) is 9.95. The van der Waals surface area contributed by atoms with E-state index in [1.54, 1.807) is 0 Å². The zero-order valence-corrected chi connectivity index (χ0v) is 15.3. The van der Waals surface area contributed by atoms with Crippen LogP contribution in [0.25, 0.3) is 21.7 Å². The molecule has 2 aliphatic carbocycles. The molecule has 134 valence electrons. The lowest BCUT2D eigenvalue weighted by atomic mass is 9.74. The maximum absolute atomic E-state index is 6.49. The van der Waals surface area contributed by atoms with Crippen molar-refractivity contribution >= 4 is 21.7 Å². The average molecular weight is 362 g/mol. The van der Waals surface area contributed by atoms with Crippen molar-refractivity contribution in [1.82, 2.24) is 0 Å². The molecule has 0 saturated heterocycles. The van der Waals surface area contributed by atoms with Crippen LogP contribution in [0.15, 0.2) is 87.9 Å². The van der Waals surface area contributed by atoms with E-state index in [9.17, 15) is 0 Å². The Morgan fingerprint density at radius 2 is 1.61 bits per heavy atom. The SMILES string of the molecule is c1ccc2c(c1)C1Cc3occc3C2[C@H]1c1cc2c(ccc3ccccc32)o1. The Balaban J connectivity index is 1.48. The molecule has 3 aromatic carbocycles. The zero-order chi connectivity index (χ0) is 18.2. The molecule has 0 spiro atoms. The molecule has 2 nitrogen and oxygen atoms in total. The number of fused-ring (bicyclic) bond motifs is 10. The number of hydrogen-bond acceptors (Lipinski definition) is 2. The van der Waals surface area contributed by atoms with Gasteiger partial charge in [-0.05, 0) is 40.1 Å². The van der Waals surface area contributed by atoms with E-state index in [4.69, 9.17) is 8.83 Å². The van der Waals surface area contributed by atoms with E-state index in [0.29, 0.717) is 17.8 Å². The van der Waals surface area contributed by atoms with Crippen molar-refractivity contribution < 1.29 is 8.83 Å². The van der Waals surface area contributed by atoms with Crippen LogP contribution >= 0.6 is 0 Å². The standard InChI is InChI=1S/C26H18O2/c1-2-6-16-15(5-1)9-10-22-20(16)13-24(28-22)26-21-14-23-19(11-12-27-23)25(26)18-8-4-3-7-17(18)21/h1-13,21,25-26H,14H2/t21?,25?,26-/m1/s1. The summed E-state index contributed by atoms with van der Waals surface area (Å²) in [5.74, 6) is 3.30. The Labute approximate surface area is 162 Å². The fraction of sp³-hybridized carbons (Fsp3) is 0.154. The van der Waals surface area contributed by atoms with Crippen molar-refractivity contribution in [3.63, 3.8) is 0 Å². The van der Waals surface area contributed by atoms with Crippen molar-refractivity contribution in [1.29, 1.82) is 0 Å². The Kier molecular flexibility index (Phi) is 2.72. The fourth-order valence-corrected chi connectivity index (χ4v) is 5.68. The number of rotatable bonds is 1. The van der Waals surface area contributed by atoms with Crippen molar-refractivity contribution in [3.8, 4) is 0 Å². The van der Waals surface area contributed by atoms with Crippen molar-refractivity contribution in [3.05, 3.63) is 107 Å². The predicted octanol–water partition coefficient (Wildman–Crippen LogP) is 6.75. The van der Waals surface area contributed by atoms with E-state index in [1.807, 2.05) is 6.26 Å². The van der Waals surface area contributed by atoms with E-state index in [2.05, 4.69) is 72.8 Å². The van der Waals surface area contributed by atoms with Gasteiger partial charge in [-0.3, -0.25) is 0 Å². The van der Waals surface area contributed by atoms with Crippen molar-refractivity contribution in [2.45, 2.75) is 24.2 Å². The normalized spacial score (nSPS) is 22.5. The van der Waals surface area contributed by atoms with Gasteiger partial charge in [-0.1, -0.05) is 54.6 Å². The van der Waals surface area contributed by atoms with E-state index >= 15 is 0 Å². The molecule has 2 aromatic heterocycles. The molecule has 0 N–H and O–H groups in total. The highest BCUT2D eigenvalue weighted by atomic mass is 16.3. The van der Waals surface area contributed by atoms with E-state index < -0.39 is 0 Å².